The Morgan fingerprint density at radius 3 is 2.91 bits per heavy atom. The van der Waals surface area contributed by atoms with Gasteiger partial charge in [-0.2, -0.15) is 5.10 Å². The fraction of sp³-hybridized carbons (Fsp3) is 0.304. The summed E-state index contributed by atoms with van der Waals surface area (Å²) < 4.78 is 3.94. The lowest BCUT2D eigenvalue weighted by Gasteiger charge is -2.11. The Morgan fingerprint density at radius 2 is 2.06 bits per heavy atom. The molecular formula is C23H25N9O. The van der Waals surface area contributed by atoms with Gasteiger partial charge in [-0.25, -0.2) is 9.97 Å². The predicted molar refractivity (Wildman–Crippen MR) is 122 cm³/mol. The minimum Gasteiger partial charge on any atom is -0.378 e. The smallest absolute Gasteiger partial charge is 0.251 e. The van der Waals surface area contributed by atoms with Crippen LogP contribution in [0.3, 0.4) is 0 Å². The molecule has 5 rings (SSSR count). The molecule has 0 bridgehead atoms. The Bertz CT molecular complexity index is 1240. The average molecular weight is 444 g/mol. The maximum Gasteiger partial charge on any atom is 0.251 e. The number of nitrogens with one attached hydrogen (secondary N) is 2. The number of aromatic nitrogens is 7. The standard InChI is InChI=1S/C23H25N9O/c1-31-21(28-29-22(31)20-8-9-24-15-27-20)14-25-17-6-4-5-16(11-17)23(33)26-13-18-12-19-7-2-3-10-32(19)30-18/h4-6,8-9,11-12,15,25H,2-3,7,10,13-14H2,1H3,(H,26,33). The van der Waals surface area contributed by atoms with Gasteiger partial charge in [-0.3, -0.25) is 9.48 Å². The number of rotatable bonds is 7. The second kappa shape index (κ2) is 9.19. The molecule has 0 saturated heterocycles. The second-order valence-corrected chi connectivity index (χ2v) is 8.02. The van der Waals surface area contributed by atoms with E-state index in [4.69, 9.17) is 0 Å². The second-order valence-electron chi connectivity index (χ2n) is 8.02. The zero-order valence-electron chi connectivity index (χ0n) is 18.4. The highest BCUT2D eigenvalue weighted by Gasteiger charge is 2.14. The number of amides is 1. The van der Waals surface area contributed by atoms with Crippen LogP contribution in [0.2, 0.25) is 0 Å². The van der Waals surface area contributed by atoms with Crippen LogP contribution in [0.1, 0.15) is 40.4 Å². The van der Waals surface area contributed by atoms with Crippen LogP contribution in [-0.2, 0) is 33.1 Å². The van der Waals surface area contributed by atoms with E-state index in [0.29, 0.717) is 30.2 Å². The highest BCUT2D eigenvalue weighted by Crippen LogP contribution is 2.17. The number of fused-ring (bicyclic) bond motifs is 1. The summed E-state index contributed by atoms with van der Waals surface area (Å²) >= 11 is 0. The molecule has 3 aromatic heterocycles. The lowest BCUT2D eigenvalue weighted by atomic mass is 10.1. The number of aryl methyl sites for hydroxylation is 2. The van der Waals surface area contributed by atoms with E-state index in [-0.39, 0.29) is 5.91 Å². The maximum absolute atomic E-state index is 12.7. The third-order valence-corrected chi connectivity index (χ3v) is 5.75. The summed E-state index contributed by atoms with van der Waals surface area (Å²) in [6.07, 6.45) is 6.58. The zero-order valence-corrected chi connectivity index (χ0v) is 18.4. The number of anilines is 1. The van der Waals surface area contributed by atoms with Crippen molar-refractivity contribution >= 4 is 11.6 Å². The van der Waals surface area contributed by atoms with E-state index in [1.165, 1.54) is 18.4 Å². The fourth-order valence-corrected chi connectivity index (χ4v) is 3.95. The molecule has 10 heteroatoms. The molecule has 33 heavy (non-hydrogen) atoms. The quantitative estimate of drug-likeness (QED) is 0.450. The van der Waals surface area contributed by atoms with Gasteiger partial charge in [-0.05, 0) is 49.6 Å². The number of nitrogens with zero attached hydrogens (tertiary/aromatic N) is 7. The van der Waals surface area contributed by atoms with Crippen LogP contribution in [0, 0.1) is 0 Å². The van der Waals surface area contributed by atoms with Gasteiger partial charge < -0.3 is 15.2 Å². The Balaban J connectivity index is 1.20. The van der Waals surface area contributed by atoms with Crippen LogP contribution >= 0.6 is 0 Å². The Morgan fingerprint density at radius 1 is 1.12 bits per heavy atom. The van der Waals surface area contributed by atoms with Gasteiger partial charge in [0.1, 0.15) is 12.0 Å². The zero-order chi connectivity index (χ0) is 22.6. The van der Waals surface area contributed by atoms with E-state index < -0.39 is 0 Å². The highest BCUT2D eigenvalue weighted by atomic mass is 16.1. The first-order valence-corrected chi connectivity index (χ1v) is 11.0. The molecule has 0 radical (unpaired) electrons. The fourth-order valence-electron chi connectivity index (χ4n) is 3.95. The third kappa shape index (κ3) is 4.59. The lowest BCUT2D eigenvalue weighted by Crippen LogP contribution is -2.23. The Hall–Kier alpha value is -4.08. The van der Waals surface area contributed by atoms with E-state index in [2.05, 4.69) is 46.6 Å². The van der Waals surface area contributed by atoms with Crippen molar-refractivity contribution in [1.29, 1.82) is 0 Å². The van der Waals surface area contributed by atoms with Crippen LogP contribution in [-0.4, -0.2) is 40.4 Å². The number of hydrogen-bond donors (Lipinski definition) is 2. The van der Waals surface area contributed by atoms with Crippen LogP contribution in [0.4, 0.5) is 5.69 Å². The largest absolute Gasteiger partial charge is 0.378 e. The topological polar surface area (TPSA) is 115 Å². The SMILES string of the molecule is Cn1c(CNc2cccc(C(=O)NCc3cc4n(n3)CCCC4)c2)nnc1-c1ccncn1. The molecule has 168 valence electrons. The molecule has 1 aliphatic heterocycles. The van der Waals surface area contributed by atoms with E-state index >= 15 is 0 Å². The average Bonchev–Trinajstić information content (AvgIpc) is 3.44. The van der Waals surface area contributed by atoms with Crippen molar-refractivity contribution in [1.82, 2.24) is 39.8 Å². The number of benzene rings is 1. The van der Waals surface area contributed by atoms with Crippen molar-refractivity contribution in [3.8, 4) is 11.5 Å². The normalized spacial score (nSPS) is 12.9. The van der Waals surface area contributed by atoms with Gasteiger partial charge >= 0.3 is 0 Å². The molecule has 1 aromatic carbocycles. The minimum atomic E-state index is -0.130. The van der Waals surface area contributed by atoms with Crippen molar-refractivity contribution in [3.63, 3.8) is 0 Å². The van der Waals surface area contributed by atoms with Crippen LogP contribution < -0.4 is 10.6 Å². The molecule has 0 saturated carbocycles. The van der Waals surface area contributed by atoms with Crippen molar-refractivity contribution < 1.29 is 4.79 Å². The van der Waals surface area contributed by atoms with Gasteiger partial charge in [-0.15, -0.1) is 10.2 Å². The molecule has 0 spiro atoms. The molecule has 10 nitrogen and oxygen atoms in total. The van der Waals surface area contributed by atoms with Gasteiger partial charge in [0.25, 0.3) is 5.91 Å². The first kappa shape index (κ1) is 20.8. The van der Waals surface area contributed by atoms with Gasteiger partial charge in [-0.1, -0.05) is 6.07 Å². The van der Waals surface area contributed by atoms with Crippen LogP contribution in [0.5, 0.6) is 0 Å². The molecular weight excluding hydrogens is 418 g/mol. The number of carbonyl (C=O) groups excluding carboxylic acids is 1. The van der Waals surface area contributed by atoms with E-state index in [1.807, 2.05) is 29.8 Å². The first-order chi connectivity index (χ1) is 16.2. The molecule has 1 aliphatic rings. The molecule has 0 atom stereocenters. The summed E-state index contributed by atoms with van der Waals surface area (Å²) in [5.74, 6) is 1.29. The van der Waals surface area contributed by atoms with Gasteiger partial charge in [0, 0.05) is 36.7 Å². The summed E-state index contributed by atoms with van der Waals surface area (Å²) in [6.45, 7) is 1.84. The van der Waals surface area contributed by atoms with Crippen molar-refractivity contribution in [2.45, 2.75) is 38.9 Å². The Labute approximate surface area is 191 Å². The van der Waals surface area contributed by atoms with Gasteiger partial charge in [0.15, 0.2) is 11.6 Å². The first-order valence-electron chi connectivity index (χ1n) is 11.0. The van der Waals surface area contributed by atoms with Crippen molar-refractivity contribution in [2.75, 3.05) is 5.32 Å². The van der Waals surface area contributed by atoms with Crippen LogP contribution in [0.15, 0.2) is 48.9 Å². The third-order valence-electron chi connectivity index (χ3n) is 5.75. The number of hydrogen-bond acceptors (Lipinski definition) is 7. The molecule has 0 unspecified atom stereocenters. The molecule has 4 aromatic rings. The van der Waals surface area contributed by atoms with E-state index in [0.717, 1.165) is 36.6 Å². The minimum absolute atomic E-state index is 0.130. The molecule has 0 fully saturated rings. The summed E-state index contributed by atoms with van der Waals surface area (Å²) in [5.41, 5.74) is 4.28. The molecule has 2 N–H and O–H groups in total. The summed E-state index contributed by atoms with van der Waals surface area (Å²) in [4.78, 5) is 20.8. The van der Waals surface area contributed by atoms with E-state index in [1.54, 1.807) is 18.3 Å². The van der Waals surface area contributed by atoms with Crippen molar-refractivity contribution in [3.05, 3.63) is 71.7 Å². The van der Waals surface area contributed by atoms with E-state index in [9.17, 15) is 4.79 Å². The van der Waals surface area contributed by atoms with Gasteiger partial charge in [0.2, 0.25) is 0 Å². The maximum atomic E-state index is 12.7. The van der Waals surface area contributed by atoms with Crippen LogP contribution in [0.25, 0.3) is 11.5 Å². The highest BCUT2D eigenvalue weighted by molar-refractivity contribution is 5.95. The molecule has 1 amide bonds. The van der Waals surface area contributed by atoms with Gasteiger partial charge in [0.05, 0.1) is 18.8 Å². The van der Waals surface area contributed by atoms with Crippen molar-refractivity contribution in [2.24, 2.45) is 7.05 Å². The molecule has 4 heterocycles. The summed E-state index contributed by atoms with van der Waals surface area (Å²) in [5, 5.41) is 19.4. The predicted octanol–water partition coefficient (Wildman–Crippen LogP) is 2.35. The molecule has 0 aliphatic carbocycles. The summed E-state index contributed by atoms with van der Waals surface area (Å²) in [6, 6.07) is 11.3. The summed E-state index contributed by atoms with van der Waals surface area (Å²) in [7, 11) is 1.89. The number of carbonyl (C=O) groups is 1. The lowest BCUT2D eigenvalue weighted by molar-refractivity contribution is 0.0950. The monoisotopic (exact) mass is 443 g/mol. The Kier molecular flexibility index (Phi) is 5.79.